The number of nitrogens with one attached hydrogen (secondary N) is 1. The summed E-state index contributed by atoms with van der Waals surface area (Å²) in [6.07, 6.45) is 0.749. The van der Waals surface area contributed by atoms with Gasteiger partial charge in [0.05, 0.1) is 30.0 Å². The largest absolute Gasteiger partial charge is 0.419 e. The molecule has 0 radical (unpaired) electrons. The molecule has 2 aromatic carbocycles. The van der Waals surface area contributed by atoms with Crippen LogP contribution in [0, 0.1) is 10.1 Å². The number of aliphatic hydroxyl groups excluding tert-OH is 1. The summed E-state index contributed by atoms with van der Waals surface area (Å²) in [5.41, 5.74) is 12.0. The number of nitrogens with two attached hydrogens (primary N) is 2. The second-order valence-electron chi connectivity index (χ2n) is 12.8. The van der Waals surface area contributed by atoms with E-state index in [1.807, 2.05) is 58.0 Å². The predicted octanol–water partition coefficient (Wildman–Crippen LogP) is 2.99. The van der Waals surface area contributed by atoms with E-state index in [-0.39, 0.29) is 18.7 Å². The van der Waals surface area contributed by atoms with Crippen molar-refractivity contribution >= 4 is 35.5 Å². The molecule has 1 aliphatic rings. The average Bonchev–Trinajstić information content (AvgIpc) is 3.38. The van der Waals surface area contributed by atoms with Crippen molar-refractivity contribution in [3.05, 3.63) is 81.9 Å². The summed E-state index contributed by atoms with van der Waals surface area (Å²) >= 11 is 0. The third-order valence-electron chi connectivity index (χ3n) is 8.18. The van der Waals surface area contributed by atoms with Gasteiger partial charge in [0.2, 0.25) is 12.1 Å². The number of carbonyl (C=O) groups excluding carboxylic acids is 4. The van der Waals surface area contributed by atoms with Gasteiger partial charge in [0.25, 0.3) is 17.5 Å². The molecule has 0 bridgehead atoms. The van der Waals surface area contributed by atoms with Gasteiger partial charge in [-0.05, 0) is 69.9 Å². The number of imide groups is 1. The van der Waals surface area contributed by atoms with Crippen molar-refractivity contribution in [2.24, 2.45) is 11.5 Å². The van der Waals surface area contributed by atoms with Gasteiger partial charge in [0.1, 0.15) is 6.10 Å². The topological polar surface area (TPSA) is 199 Å². The van der Waals surface area contributed by atoms with Crippen molar-refractivity contribution in [3.8, 4) is 0 Å². The lowest BCUT2D eigenvalue weighted by Gasteiger charge is -2.48. The van der Waals surface area contributed by atoms with Crippen LogP contribution in [0.25, 0.3) is 6.08 Å². The SMILES string of the molecule is CC1CCC[N+]1(C(=O)NC(C)(C)C)C([C@H](O)CCc1ccccc1)N(C(=O)C=Cc1ccc([N+](=O)[O-])cc1)C(=O)[C@@H](N)CC(N)=O. The van der Waals surface area contributed by atoms with E-state index in [1.54, 1.807) is 0 Å². The van der Waals surface area contributed by atoms with E-state index in [0.717, 1.165) is 16.5 Å². The highest BCUT2D eigenvalue weighted by molar-refractivity contribution is 6.05. The van der Waals surface area contributed by atoms with E-state index < -0.39 is 69.5 Å². The molecule has 13 nitrogen and oxygen atoms in total. The maximum atomic E-state index is 14.3. The summed E-state index contributed by atoms with van der Waals surface area (Å²) in [4.78, 5) is 65.7. The number of hydrogen-bond acceptors (Lipinski definition) is 8. The number of nitro benzene ring substituents is 1. The number of nitro groups is 1. The van der Waals surface area contributed by atoms with Crippen LogP contribution in [0.3, 0.4) is 0 Å². The average molecular weight is 638 g/mol. The van der Waals surface area contributed by atoms with Crippen LogP contribution in [-0.4, -0.2) is 79.6 Å². The summed E-state index contributed by atoms with van der Waals surface area (Å²) in [6, 6.07) is 12.4. The molecule has 1 aliphatic heterocycles. The van der Waals surface area contributed by atoms with Crippen LogP contribution < -0.4 is 16.8 Å². The number of amides is 5. The van der Waals surface area contributed by atoms with Gasteiger partial charge < -0.3 is 21.9 Å². The fraction of sp³-hybridized carbons (Fsp3) is 0.455. The Balaban J connectivity index is 2.18. The number of aliphatic hydroxyl groups is 1. The zero-order valence-corrected chi connectivity index (χ0v) is 26.8. The fourth-order valence-electron chi connectivity index (χ4n) is 5.94. The van der Waals surface area contributed by atoms with Crippen LogP contribution in [0.1, 0.15) is 64.5 Å². The molecule has 248 valence electrons. The van der Waals surface area contributed by atoms with Gasteiger partial charge in [-0.2, -0.15) is 0 Å². The maximum Gasteiger partial charge on any atom is 0.419 e. The number of benzene rings is 2. The smallest absolute Gasteiger partial charge is 0.385 e. The summed E-state index contributed by atoms with van der Waals surface area (Å²) < 4.78 is -0.445. The van der Waals surface area contributed by atoms with E-state index in [0.29, 0.717) is 24.8 Å². The Hall–Kier alpha value is -4.46. The summed E-state index contributed by atoms with van der Waals surface area (Å²) in [5, 5.41) is 26.1. The molecule has 0 spiro atoms. The minimum atomic E-state index is -1.53. The summed E-state index contributed by atoms with van der Waals surface area (Å²) in [6.45, 7) is 7.51. The van der Waals surface area contributed by atoms with Crippen molar-refractivity contribution in [3.63, 3.8) is 0 Å². The molecular formula is C33H45N6O7+. The number of quaternary nitrogens is 1. The normalized spacial score (nSPS) is 20.1. The Kier molecular flexibility index (Phi) is 11.9. The molecule has 2 aromatic rings. The van der Waals surface area contributed by atoms with Crippen molar-refractivity contribution in [1.82, 2.24) is 10.2 Å². The number of nitrogens with zero attached hydrogens (tertiary/aromatic N) is 3. The Labute approximate surface area is 269 Å². The van der Waals surface area contributed by atoms with Crippen LogP contribution >= 0.6 is 0 Å². The second-order valence-corrected chi connectivity index (χ2v) is 12.8. The minimum absolute atomic E-state index is 0.0956. The zero-order valence-electron chi connectivity index (χ0n) is 26.8. The van der Waals surface area contributed by atoms with Gasteiger partial charge in [0, 0.05) is 36.6 Å². The first-order valence-corrected chi connectivity index (χ1v) is 15.3. The van der Waals surface area contributed by atoms with Crippen molar-refractivity contribution < 1.29 is 33.7 Å². The number of non-ortho nitro benzene ring substituents is 1. The minimum Gasteiger partial charge on any atom is -0.385 e. The summed E-state index contributed by atoms with van der Waals surface area (Å²) in [5.74, 6) is -2.71. The summed E-state index contributed by atoms with van der Waals surface area (Å²) in [7, 11) is 0. The molecule has 13 heteroatoms. The molecular weight excluding hydrogens is 592 g/mol. The maximum absolute atomic E-state index is 14.3. The molecule has 46 heavy (non-hydrogen) atoms. The fourth-order valence-corrected chi connectivity index (χ4v) is 5.94. The van der Waals surface area contributed by atoms with Crippen molar-refractivity contribution in [2.75, 3.05) is 6.54 Å². The standard InChI is InChI=1S/C33H44N6O7/c1-22-9-8-20-39(22,32(44)36-33(2,3)4)30(27(40)18-14-23-10-6-5-7-11-23)37(31(43)26(34)21-28(35)41)29(42)19-15-24-12-16-25(17-13-24)38(45)46/h5-7,10-13,15-17,19,22,26-27,30,40H,8-9,14,18,20-21,34H2,1-4H3,(H2-,35,36,41,44)/p+1/t22?,26-,27+,30?,39?/m0/s1. The molecule has 5 amide bonds. The molecule has 3 unspecified atom stereocenters. The van der Waals surface area contributed by atoms with E-state index >= 15 is 0 Å². The van der Waals surface area contributed by atoms with Crippen LogP contribution in [0.2, 0.25) is 0 Å². The Morgan fingerprint density at radius 1 is 1.13 bits per heavy atom. The highest BCUT2D eigenvalue weighted by Crippen LogP contribution is 2.36. The molecule has 1 saturated heterocycles. The Bertz CT molecular complexity index is 1440. The monoisotopic (exact) mass is 637 g/mol. The highest BCUT2D eigenvalue weighted by atomic mass is 16.6. The number of hydrogen-bond donors (Lipinski definition) is 4. The Morgan fingerprint density at radius 2 is 1.76 bits per heavy atom. The predicted molar refractivity (Wildman–Crippen MR) is 172 cm³/mol. The van der Waals surface area contributed by atoms with Gasteiger partial charge in [-0.3, -0.25) is 24.5 Å². The van der Waals surface area contributed by atoms with E-state index in [9.17, 15) is 34.4 Å². The number of primary amides is 1. The molecule has 1 fully saturated rings. The first kappa shape index (κ1) is 36.0. The molecule has 0 aliphatic carbocycles. The number of carbonyl (C=O) groups is 4. The third kappa shape index (κ3) is 8.83. The van der Waals surface area contributed by atoms with E-state index in [2.05, 4.69) is 5.32 Å². The molecule has 5 atom stereocenters. The zero-order chi connectivity index (χ0) is 34.2. The quantitative estimate of drug-likeness (QED) is 0.118. The number of urea groups is 1. The first-order chi connectivity index (χ1) is 21.6. The van der Waals surface area contributed by atoms with Gasteiger partial charge in [-0.15, -0.1) is 0 Å². The number of likely N-dealkylation sites (tertiary alicyclic amines) is 1. The highest BCUT2D eigenvalue weighted by Gasteiger charge is 2.59. The van der Waals surface area contributed by atoms with Crippen molar-refractivity contribution in [1.29, 1.82) is 0 Å². The lowest BCUT2D eigenvalue weighted by atomic mass is 10.00. The third-order valence-corrected chi connectivity index (χ3v) is 8.18. The van der Waals surface area contributed by atoms with E-state index in [4.69, 9.17) is 11.5 Å². The van der Waals surface area contributed by atoms with Gasteiger partial charge >= 0.3 is 6.03 Å². The second kappa shape index (κ2) is 15.2. The number of aryl methyl sites for hydroxylation is 1. The lowest BCUT2D eigenvalue weighted by molar-refractivity contribution is -0.899. The first-order valence-electron chi connectivity index (χ1n) is 15.3. The van der Waals surface area contributed by atoms with Crippen LogP contribution in [0.5, 0.6) is 0 Å². The molecule has 3 rings (SSSR count). The molecule has 0 aromatic heterocycles. The Morgan fingerprint density at radius 3 is 2.28 bits per heavy atom. The van der Waals surface area contributed by atoms with E-state index in [1.165, 1.54) is 30.3 Å². The van der Waals surface area contributed by atoms with Crippen LogP contribution in [0.4, 0.5) is 10.5 Å². The van der Waals surface area contributed by atoms with Gasteiger partial charge in [-0.25, -0.2) is 14.2 Å². The van der Waals surface area contributed by atoms with Crippen molar-refractivity contribution in [2.45, 2.75) is 89.7 Å². The molecule has 6 N–H and O–H groups in total. The van der Waals surface area contributed by atoms with Crippen LogP contribution in [0.15, 0.2) is 60.7 Å². The number of rotatable bonds is 12. The molecule has 0 saturated carbocycles. The van der Waals surface area contributed by atoms with Gasteiger partial charge in [0.15, 0.2) is 0 Å². The van der Waals surface area contributed by atoms with Crippen LogP contribution in [-0.2, 0) is 20.8 Å². The van der Waals surface area contributed by atoms with Gasteiger partial charge in [-0.1, -0.05) is 30.3 Å². The molecule has 1 heterocycles. The lowest BCUT2D eigenvalue weighted by Crippen LogP contribution is -2.75.